The van der Waals surface area contributed by atoms with E-state index in [0.717, 1.165) is 31.4 Å². The average molecular weight is 315 g/mol. The Kier molecular flexibility index (Phi) is 3.46. The van der Waals surface area contributed by atoms with Crippen molar-refractivity contribution in [1.29, 1.82) is 0 Å². The van der Waals surface area contributed by atoms with E-state index in [0.29, 0.717) is 0 Å². The molecular weight excluding hydrogens is 286 g/mol. The molecule has 0 bridgehead atoms. The summed E-state index contributed by atoms with van der Waals surface area (Å²) in [4.78, 5) is 13.7. The molecule has 3 rings (SSSR count). The molecule has 3 aliphatic rings. The van der Waals surface area contributed by atoms with E-state index in [1.807, 2.05) is 0 Å². The van der Waals surface area contributed by atoms with Crippen molar-refractivity contribution in [2.45, 2.75) is 90.8 Å². The van der Waals surface area contributed by atoms with Crippen molar-refractivity contribution >= 4 is 11.4 Å². The van der Waals surface area contributed by atoms with Gasteiger partial charge in [-0.05, 0) is 23.8 Å². The first-order valence-electron chi connectivity index (χ1n) is 8.79. The number of nitrogens with zero attached hydrogens (tertiary/aromatic N) is 5. The van der Waals surface area contributed by atoms with Gasteiger partial charge in [-0.15, -0.1) is 0 Å². The van der Waals surface area contributed by atoms with Crippen LogP contribution in [0.4, 0.5) is 0 Å². The van der Waals surface area contributed by atoms with Crippen LogP contribution < -0.4 is 0 Å². The maximum Gasteiger partial charge on any atom is 0.103 e. The number of hydrogen-bond acceptors (Lipinski definition) is 3. The molecule has 0 N–H and O–H groups in total. The summed E-state index contributed by atoms with van der Waals surface area (Å²) in [5, 5.41) is 4.24. The first-order chi connectivity index (χ1) is 10.6. The van der Waals surface area contributed by atoms with E-state index in [1.54, 1.807) is 0 Å². The van der Waals surface area contributed by atoms with Gasteiger partial charge in [0.25, 0.3) is 0 Å². The highest BCUT2D eigenvalue weighted by Crippen LogP contribution is 2.58. The van der Waals surface area contributed by atoms with E-state index in [2.05, 4.69) is 51.6 Å². The van der Waals surface area contributed by atoms with Crippen molar-refractivity contribution in [3.8, 4) is 0 Å². The normalized spacial score (nSPS) is 36.7. The highest BCUT2D eigenvalue weighted by Gasteiger charge is 2.67. The smallest absolute Gasteiger partial charge is 0.103 e. The first-order valence-corrected chi connectivity index (χ1v) is 8.79. The molecule has 126 valence electrons. The summed E-state index contributed by atoms with van der Waals surface area (Å²) >= 11 is 0. The second-order valence-corrected chi connectivity index (χ2v) is 9.50. The Balaban J connectivity index is 2.19. The van der Waals surface area contributed by atoms with Gasteiger partial charge in [-0.2, -0.15) is 0 Å². The second kappa shape index (κ2) is 4.83. The van der Waals surface area contributed by atoms with Gasteiger partial charge in [-0.25, -0.2) is 0 Å². The summed E-state index contributed by atoms with van der Waals surface area (Å²) < 4.78 is 0. The van der Waals surface area contributed by atoms with Crippen LogP contribution in [-0.4, -0.2) is 28.5 Å². The van der Waals surface area contributed by atoms with Crippen molar-refractivity contribution in [2.75, 3.05) is 0 Å². The standard InChI is InChI=1S/C18H29N5/c1-15(2,3)12-11-17-9-7-8-10-18(17,20-12)14(22-23-19)13(21-17)16(4,5)6/h14H,7-11H2,1-6H3/t14-,17+,18+/m0/s1. The zero-order valence-electron chi connectivity index (χ0n) is 15.3. The number of azide groups is 1. The lowest BCUT2D eigenvalue weighted by Gasteiger charge is -2.43. The van der Waals surface area contributed by atoms with Crippen LogP contribution in [0.2, 0.25) is 0 Å². The van der Waals surface area contributed by atoms with Crippen molar-refractivity contribution in [1.82, 2.24) is 0 Å². The van der Waals surface area contributed by atoms with E-state index in [-0.39, 0.29) is 27.9 Å². The Bertz CT molecular complexity index is 627. The van der Waals surface area contributed by atoms with Crippen LogP contribution in [0.25, 0.3) is 10.4 Å². The van der Waals surface area contributed by atoms with Gasteiger partial charge < -0.3 is 0 Å². The molecular formula is C18H29N5. The van der Waals surface area contributed by atoms with Crippen LogP contribution >= 0.6 is 0 Å². The van der Waals surface area contributed by atoms with Gasteiger partial charge in [0.15, 0.2) is 0 Å². The molecule has 23 heavy (non-hydrogen) atoms. The van der Waals surface area contributed by atoms with Crippen LogP contribution in [0.15, 0.2) is 15.1 Å². The summed E-state index contributed by atoms with van der Waals surface area (Å²) in [6.45, 7) is 13.2. The third-order valence-electron chi connectivity index (χ3n) is 5.85. The molecule has 2 aliphatic heterocycles. The van der Waals surface area contributed by atoms with Crippen molar-refractivity contribution in [2.24, 2.45) is 25.9 Å². The molecule has 1 aliphatic carbocycles. The zero-order valence-corrected chi connectivity index (χ0v) is 15.3. The van der Waals surface area contributed by atoms with E-state index >= 15 is 0 Å². The van der Waals surface area contributed by atoms with Gasteiger partial charge in [0.1, 0.15) is 6.04 Å². The summed E-state index contributed by atoms with van der Waals surface area (Å²) in [5.74, 6) is 0. The summed E-state index contributed by atoms with van der Waals surface area (Å²) in [7, 11) is 0. The van der Waals surface area contributed by atoms with Gasteiger partial charge in [-0.3, -0.25) is 9.98 Å². The zero-order chi connectivity index (χ0) is 17.1. The molecule has 0 spiro atoms. The molecule has 0 unspecified atom stereocenters. The predicted octanol–water partition coefficient (Wildman–Crippen LogP) is 5.11. The minimum Gasteiger partial charge on any atom is -0.283 e. The molecule has 5 heteroatoms. The molecule has 1 saturated carbocycles. The molecule has 1 fully saturated rings. The van der Waals surface area contributed by atoms with Crippen LogP contribution in [0.3, 0.4) is 0 Å². The molecule has 0 aromatic rings. The molecule has 2 heterocycles. The molecule has 0 amide bonds. The van der Waals surface area contributed by atoms with E-state index < -0.39 is 0 Å². The molecule has 5 nitrogen and oxygen atoms in total. The number of rotatable bonds is 1. The van der Waals surface area contributed by atoms with E-state index in [9.17, 15) is 5.53 Å². The van der Waals surface area contributed by atoms with Gasteiger partial charge in [0.2, 0.25) is 0 Å². The fourth-order valence-corrected chi connectivity index (χ4v) is 4.59. The maximum absolute atomic E-state index is 9.20. The number of aliphatic imine (C=N–C) groups is 2. The minimum atomic E-state index is -0.331. The Hall–Kier alpha value is -1.35. The molecule has 0 radical (unpaired) electrons. The second-order valence-electron chi connectivity index (χ2n) is 9.50. The SMILES string of the molecule is CC(C)(C)C1=N[C@@]23CCCC[C@]2(C1)N=C(C(C)(C)C)[C@@H]3N=[N+]=[N-]. The summed E-state index contributed by atoms with van der Waals surface area (Å²) in [5.41, 5.74) is 10.9. The Morgan fingerprint density at radius 3 is 2.26 bits per heavy atom. The third-order valence-corrected chi connectivity index (χ3v) is 5.85. The summed E-state index contributed by atoms with van der Waals surface area (Å²) in [6, 6.07) is -0.229. The van der Waals surface area contributed by atoms with Gasteiger partial charge >= 0.3 is 0 Å². The summed E-state index contributed by atoms with van der Waals surface area (Å²) in [6.07, 6.45) is 5.31. The van der Waals surface area contributed by atoms with Gasteiger partial charge in [0, 0.05) is 28.2 Å². The lowest BCUT2D eigenvalue weighted by molar-refractivity contribution is 0.183. The van der Waals surface area contributed by atoms with Crippen LogP contribution in [0.1, 0.15) is 73.6 Å². The van der Waals surface area contributed by atoms with Crippen LogP contribution in [-0.2, 0) is 0 Å². The van der Waals surface area contributed by atoms with Crippen LogP contribution in [0, 0.1) is 10.8 Å². The predicted molar refractivity (Wildman–Crippen MR) is 95.3 cm³/mol. The fraction of sp³-hybridized carbons (Fsp3) is 0.889. The molecule has 3 atom stereocenters. The van der Waals surface area contributed by atoms with Gasteiger partial charge in [0.05, 0.1) is 11.1 Å². The highest BCUT2D eigenvalue weighted by molar-refractivity contribution is 6.02. The quantitative estimate of drug-likeness (QED) is 0.366. The molecule has 0 aromatic carbocycles. The fourth-order valence-electron chi connectivity index (χ4n) is 4.59. The van der Waals surface area contributed by atoms with E-state index in [1.165, 1.54) is 12.1 Å². The van der Waals surface area contributed by atoms with Crippen molar-refractivity contribution in [3.63, 3.8) is 0 Å². The average Bonchev–Trinajstić information content (AvgIpc) is 2.89. The highest BCUT2D eigenvalue weighted by atomic mass is 15.3. The van der Waals surface area contributed by atoms with Gasteiger partial charge in [-0.1, -0.05) is 59.5 Å². The van der Waals surface area contributed by atoms with E-state index in [4.69, 9.17) is 9.98 Å². The maximum atomic E-state index is 9.20. The first kappa shape index (κ1) is 16.5. The largest absolute Gasteiger partial charge is 0.283 e. The van der Waals surface area contributed by atoms with Crippen LogP contribution in [0.5, 0.6) is 0 Å². The third kappa shape index (κ3) is 2.24. The monoisotopic (exact) mass is 315 g/mol. The van der Waals surface area contributed by atoms with Crippen molar-refractivity contribution in [3.05, 3.63) is 10.4 Å². The minimum absolute atomic E-state index is 0.0486. The number of hydrogen-bond donors (Lipinski definition) is 0. The lowest BCUT2D eigenvalue weighted by atomic mass is 9.64. The molecule has 0 saturated heterocycles. The Morgan fingerprint density at radius 1 is 1.04 bits per heavy atom. The topological polar surface area (TPSA) is 73.5 Å². The van der Waals surface area contributed by atoms with Crippen molar-refractivity contribution < 1.29 is 0 Å². The Morgan fingerprint density at radius 2 is 1.70 bits per heavy atom. The lowest BCUT2D eigenvalue weighted by Crippen LogP contribution is -2.55. The molecule has 0 aromatic heterocycles. The Labute approximate surface area is 139 Å².